The monoisotopic (exact) mass is 316 g/mol. The summed E-state index contributed by atoms with van der Waals surface area (Å²) in [4.78, 5) is 10.4. The van der Waals surface area contributed by atoms with Crippen LogP contribution < -0.4 is 0 Å². The second-order valence-electron chi connectivity index (χ2n) is 6.08. The number of methoxy groups -OCH3 is 2. The molecule has 132 valence electrons. The fourth-order valence-corrected chi connectivity index (χ4v) is 2.69. The van der Waals surface area contributed by atoms with Crippen LogP contribution >= 0.6 is 0 Å². The maximum absolute atomic E-state index is 10.4. The van der Waals surface area contributed by atoms with Gasteiger partial charge in [0.25, 0.3) is 0 Å². The average molecular weight is 316 g/mol. The normalized spacial score (nSPS) is 11.2. The molecule has 0 rings (SSSR count). The summed E-state index contributed by atoms with van der Waals surface area (Å²) in [6, 6.07) is 0. The fourth-order valence-electron chi connectivity index (χ4n) is 2.69. The highest BCUT2D eigenvalue weighted by molar-refractivity contribution is 5.66. The van der Waals surface area contributed by atoms with Gasteiger partial charge in [0.2, 0.25) is 0 Å². The van der Waals surface area contributed by atoms with Crippen LogP contribution in [0.4, 0.5) is 0 Å². The van der Waals surface area contributed by atoms with E-state index in [-0.39, 0.29) is 6.29 Å². The van der Waals surface area contributed by atoms with Crippen LogP contribution in [0.5, 0.6) is 0 Å². The Morgan fingerprint density at radius 1 is 0.727 bits per heavy atom. The molecule has 0 radical (unpaired) electrons. The molecular weight excluding hydrogens is 280 g/mol. The van der Waals surface area contributed by atoms with E-state index in [1.54, 1.807) is 14.2 Å². The molecule has 4 heteroatoms. The lowest BCUT2D eigenvalue weighted by Crippen LogP contribution is -2.12. The summed E-state index contributed by atoms with van der Waals surface area (Å²) in [5.74, 6) is -0.667. The molecule has 0 fully saturated rings. The Balaban J connectivity index is 3.07. The molecular formula is C18H36O4. The van der Waals surface area contributed by atoms with Gasteiger partial charge in [0.1, 0.15) is 0 Å². The van der Waals surface area contributed by atoms with Crippen molar-refractivity contribution in [1.29, 1.82) is 0 Å². The first kappa shape index (κ1) is 21.4. The number of hydrogen-bond donors (Lipinski definition) is 1. The topological polar surface area (TPSA) is 55.8 Å². The van der Waals surface area contributed by atoms with E-state index < -0.39 is 5.97 Å². The van der Waals surface area contributed by atoms with Gasteiger partial charge in [-0.1, -0.05) is 64.2 Å². The van der Waals surface area contributed by atoms with Crippen molar-refractivity contribution in [3.63, 3.8) is 0 Å². The lowest BCUT2D eigenvalue weighted by molar-refractivity contribution is -0.137. The van der Waals surface area contributed by atoms with Crippen molar-refractivity contribution in [3.8, 4) is 0 Å². The van der Waals surface area contributed by atoms with E-state index in [0.29, 0.717) is 6.42 Å². The predicted molar refractivity (Wildman–Crippen MR) is 90.1 cm³/mol. The van der Waals surface area contributed by atoms with E-state index in [1.165, 1.54) is 64.2 Å². The van der Waals surface area contributed by atoms with Gasteiger partial charge in [0, 0.05) is 20.6 Å². The first-order valence-electron chi connectivity index (χ1n) is 8.98. The van der Waals surface area contributed by atoms with Gasteiger partial charge in [-0.25, -0.2) is 0 Å². The minimum absolute atomic E-state index is 0.0319. The van der Waals surface area contributed by atoms with Crippen LogP contribution in [0.2, 0.25) is 0 Å². The van der Waals surface area contributed by atoms with Crippen LogP contribution in [-0.4, -0.2) is 31.6 Å². The number of aliphatic carboxylic acids is 1. The van der Waals surface area contributed by atoms with Crippen molar-refractivity contribution >= 4 is 5.97 Å². The van der Waals surface area contributed by atoms with E-state index in [2.05, 4.69) is 0 Å². The van der Waals surface area contributed by atoms with E-state index in [0.717, 1.165) is 19.3 Å². The van der Waals surface area contributed by atoms with E-state index in [1.807, 2.05) is 0 Å². The number of hydrogen-bond acceptors (Lipinski definition) is 3. The molecule has 0 aromatic rings. The molecule has 0 atom stereocenters. The number of rotatable bonds is 17. The summed E-state index contributed by atoms with van der Waals surface area (Å²) in [6.07, 6.45) is 16.1. The van der Waals surface area contributed by atoms with Gasteiger partial charge in [0.05, 0.1) is 0 Å². The Hall–Kier alpha value is -0.610. The van der Waals surface area contributed by atoms with Gasteiger partial charge in [-0.3, -0.25) is 4.79 Å². The van der Waals surface area contributed by atoms with Crippen molar-refractivity contribution in [3.05, 3.63) is 0 Å². The third kappa shape index (κ3) is 15.8. The number of carboxylic acids is 1. The number of ether oxygens (including phenoxy) is 2. The SMILES string of the molecule is COC(CCCCCCCCCCCCCCC(=O)O)OC. The Labute approximate surface area is 136 Å². The zero-order valence-corrected chi connectivity index (χ0v) is 14.6. The summed E-state index contributed by atoms with van der Waals surface area (Å²) in [6.45, 7) is 0. The third-order valence-electron chi connectivity index (χ3n) is 4.11. The first-order valence-corrected chi connectivity index (χ1v) is 8.98. The minimum Gasteiger partial charge on any atom is -0.481 e. The van der Waals surface area contributed by atoms with Crippen molar-refractivity contribution in [2.45, 2.75) is 96.2 Å². The smallest absolute Gasteiger partial charge is 0.303 e. The quantitative estimate of drug-likeness (QED) is 0.298. The van der Waals surface area contributed by atoms with Gasteiger partial charge in [0.15, 0.2) is 6.29 Å². The summed E-state index contributed by atoms with van der Waals surface area (Å²) < 4.78 is 10.3. The standard InChI is InChI=1S/C18H36O4/c1-21-18(22-2)16-14-12-10-8-6-4-3-5-7-9-11-13-15-17(19)20/h18H,3-16H2,1-2H3,(H,19,20). The number of carboxylic acid groups (broad SMARTS) is 1. The van der Waals surface area contributed by atoms with Crippen molar-refractivity contribution < 1.29 is 19.4 Å². The molecule has 0 bridgehead atoms. The molecule has 0 aliphatic rings. The minimum atomic E-state index is -0.667. The molecule has 0 saturated heterocycles. The maximum Gasteiger partial charge on any atom is 0.303 e. The molecule has 22 heavy (non-hydrogen) atoms. The number of carbonyl (C=O) groups is 1. The van der Waals surface area contributed by atoms with Gasteiger partial charge in [-0.15, -0.1) is 0 Å². The molecule has 0 saturated carbocycles. The highest BCUT2D eigenvalue weighted by Gasteiger charge is 2.03. The molecule has 0 spiro atoms. The highest BCUT2D eigenvalue weighted by Crippen LogP contribution is 2.13. The van der Waals surface area contributed by atoms with Crippen molar-refractivity contribution in [2.75, 3.05) is 14.2 Å². The van der Waals surface area contributed by atoms with Crippen LogP contribution in [0.1, 0.15) is 89.9 Å². The molecule has 0 aromatic heterocycles. The van der Waals surface area contributed by atoms with Crippen LogP contribution in [0.15, 0.2) is 0 Å². The summed E-state index contributed by atoms with van der Waals surface area (Å²) in [5, 5.41) is 8.53. The van der Waals surface area contributed by atoms with Gasteiger partial charge in [-0.2, -0.15) is 0 Å². The van der Waals surface area contributed by atoms with Crippen molar-refractivity contribution in [1.82, 2.24) is 0 Å². The average Bonchev–Trinajstić information content (AvgIpc) is 2.51. The molecule has 0 unspecified atom stereocenters. The fraction of sp³-hybridized carbons (Fsp3) is 0.944. The maximum atomic E-state index is 10.4. The lowest BCUT2D eigenvalue weighted by Gasteiger charge is -2.12. The largest absolute Gasteiger partial charge is 0.481 e. The molecule has 0 aliphatic carbocycles. The zero-order chi connectivity index (χ0) is 16.5. The molecule has 0 aliphatic heterocycles. The number of unbranched alkanes of at least 4 members (excludes halogenated alkanes) is 11. The second kappa shape index (κ2) is 16.8. The van der Waals surface area contributed by atoms with Gasteiger partial charge < -0.3 is 14.6 Å². The van der Waals surface area contributed by atoms with Gasteiger partial charge in [-0.05, 0) is 19.3 Å². The van der Waals surface area contributed by atoms with Crippen molar-refractivity contribution in [2.24, 2.45) is 0 Å². The second-order valence-corrected chi connectivity index (χ2v) is 6.08. The predicted octanol–water partition coefficient (Wildman–Crippen LogP) is 5.15. The van der Waals surface area contributed by atoms with Gasteiger partial charge >= 0.3 is 5.97 Å². The Morgan fingerprint density at radius 3 is 1.45 bits per heavy atom. The van der Waals surface area contributed by atoms with Crippen LogP contribution in [0.25, 0.3) is 0 Å². The van der Waals surface area contributed by atoms with E-state index >= 15 is 0 Å². The zero-order valence-electron chi connectivity index (χ0n) is 14.6. The highest BCUT2D eigenvalue weighted by atomic mass is 16.7. The summed E-state index contributed by atoms with van der Waals surface area (Å²) >= 11 is 0. The van der Waals surface area contributed by atoms with Crippen LogP contribution in [0.3, 0.4) is 0 Å². The molecule has 0 heterocycles. The third-order valence-corrected chi connectivity index (χ3v) is 4.11. The summed E-state index contributed by atoms with van der Waals surface area (Å²) in [5.41, 5.74) is 0. The summed E-state index contributed by atoms with van der Waals surface area (Å²) in [7, 11) is 3.39. The van der Waals surface area contributed by atoms with Crippen LogP contribution in [-0.2, 0) is 14.3 Å². The Kier molecular flexibility index (Phi) is 16.3. The molecule has 4 nitrogen and oxygen atoms in total. The molecule has 1 N–H and O–H groups in total. The lowest BCUT2D eigenvalue weighted by atomic mass is 10.0. The molecule has 0 aromatic carbocycles. The van der Waals surface area contributed by atoms with E-state index in [4.69, 9.17) is 14.6 Å². The van der Waals surface area contributed by atoms with E-state index in [9.17, 15) is 4.79 Å². The molecule has 0 amide bonds. The Morgan fingerprint density at radius 2 is 1.09 bits per heavy atom. The first-order chi connectivity index (χ1) is 10.7. The van der Waals surface area contributed by atoms with Crippen LogP contribution in [0, 0.1) is 0 Å². The Bertz CT molecular complexity index is 239.